The highest BCUT2D eigenvalue weighted by atomic mass is 35.5. The van der Waals surface area contributed by atoms with Crippen molar-refractivity contribution in [2.45, 2.75) is 46.4 Å². The quantitative estimate of drug-likeness (QED) is 0.556. The van der Waals surface area contributed by atoms with E-state index in [9.17, 15) is 9.90 Å². The predicted molar refractivity (Wildman–Crippen MR) is 111 cm³/mol. The molecular weight excluding hydrogens is 378 g/mol. The van der Waals surface area contributed by atoms with Crippen molar-refractivity contribution in [1.29, 1.82) is 0 Å². The second-order valence-electron chi connectivity index (χ2n) is 7.03. The fourth-order valence-corrected chi connectivity index (χ4v) is 3.03. The number of ether oxygens (including phenoxy) is 2. The molecule has 0 radical (unpaired) electrons. The molecule has 28 heavy (non-hydrogen) atoms. The number of hydrogen-bond donors (Lipinski definition) is 2. The third-order valence-corrected chi connectivity index (χ3v) is 4.38. The van der Waals surface area contributed by atoms with Crippen LogP contribution in [0, 0.1) is 5.92 Å². The van der Waals surface area contributed by atoms with Gasteiger partial charge in [-0.1, -0.05) is 43.6 Å². The van der Waals surface area contributed by atoms with Gasteiger partial charge in [-0.05, 0) is 54.7 Å². The Morgan fingerprint density at radius 3 is 2.54 bits per heavy atom. The molecule has 0 aromatic heterocycles. The number of halogens is 1. The Hall–Kier alpha value is -2.24. The van der Waals surface area contributed by atoms with E-state index in [1.54, 1.807) is 0 Å². The van der Waals surface area contributed by atoms with Crippen LogP contribution in [0.5, 0.6) is 11.5 Å². The van der Waals surface area contributed by atoms with E-state index in [2.05, 4.69) is 5.32 Å². The second-order valence-corrected chi connectivity index (χ2v) is 7.47. The average molecular weight is 406 g/mol. The van der Waals surface area contributed by atoms with E-state index in [-0.39, 0.29) is 0 Å². The van der Waals surface area contributed by atoms with E-state index in [1.165, 1.54) is 0 Å². The summed E-state index contributed by atoms with van der Waals surface area (Å²) in [5.74, 6) is 0.747. The largest absolute Gasteiger partial charge is 0.490 e. The molecule has 0 aliphatic heterocycles. The van der Waals surface area contributed by atoms with Gasteiger partial charge in [0, 0.05) is 11.6 Å². The summed E-state index contributed by atoms with van der Waals surface area (Å²) in [5, 5.41) is 13.1. The number of carboxylic acid groups (broad SMARTS) is 1. The molecule has 0 amide bonds. The molecule has 6 heteroatoms. The van der Waals surface area contributed by atoms with Crippen LogP contribution in [-0.2, 0) is 17.9 Å². The summed E-state index contributed by atoms with van der Waals surface area (Å²) in [6.07, 6.45) is 0.578. The zero-order chi connectivity index (χ0) is 20.5. The van der Waals surface area contributed by atoms with Crippen molar-refractivity contribution in [3.63, 3.8) is 0 Å². The van der Waals surface area contributed by atoms with Crippen molar-refractivity contribution in [2.75, 3.05) is 6.61 Å². The molecule has 5 nitrogen and oxygen atoms in total. The average Bonchev–Trinajstić information content (AvgIpc) is 2.64. The molecule has 0 bridgehead atoms. The van der Waals surface area contributed by atoms with Gasteiger partial charge in [0.2, 0.25) is 0 Å². The zero-order valence-corrected chi connectivity index (χ0v) is 17.3. The zero-order valence-electron chi connectivity index (χ0n) is 16.6. The Morgan fingerprint density at radius 1 is 1.11 bits per heavy atom. The van der Waals surface area contributed by atoms with Crippen molar-refractivity contribution < 1.29 is 19.4 Å². The Labute approximate surface area is 171 Å². The van der Waals surface area contributed by atoms with Gasteiger partial charge in [0.1, 0.15) is 12.6 Å². The van der Waals surface area contributed by atoms with Gasteiger partial charge in [0.05, 0.1) is 6.61 Å². The maximum atomic E-state index is 11.4. The topological polar surface area (TPSA) is 67.8 Å². The molecule has 1 atom stereocenters. The molecule has 2 rings (SSSR count). The predicted octanol–water partition coefficient (Wildman–Crippen LogP) is 4.91. The van der Waals surface area contributed by atoms with E-state index in [0.717, 1.165) is 11.1 Å². The van der Waals surface area contributed by atoms with E-state index >= 15 is 0 Å². The van der Waals surface area contributed by atoms with Crippen LogP contribution in [0.3, 0.4) is 0 Å². The number of benzene rings is 2. The minimum absolute atomic E-state index is 0.301. The summed E-state index contributed by atoms with van der Waals surface area (Å²) >= 11 is 6.01. The highest BCUT2D eigenvalue weighted by Crippen LogP contribution is 2.29. The smallest absolute Gasteiger partial charge is 0.320 e. The monoisotopic (exact) mass is 405 g/mol. The molecule has 0 saturated heterocycles. The molecule has 0 fully saturated rings. The third-order valence-electron chi connectivity index (χ3n) is 4.15. The van der Waals surface area contributed by atoms with E-state index in [1.807, 2.05) is 63.2 Å². The lowest BCUT2D eigenvalue weighted by molar-refractivity contribution is -0.140. The maximum absolute atomic E-state index is 11.4. The second kappa shape index (κ2) is 10.9. The summed E-state index contributed by atoms with van der Waals surface area (Å²) in [6.45, 7) is 7.27. The molecule has 0 heterocycles. The van der Waals surface area contributed by atoms with Crippen LogP contribution in [0.1, 0.15) is 38.3 Å². The number of carbonyl (C=O) groups is 1. The molecule has 1 unspecified atom stereocenters. The number of hydrogen-bond acceptors (Lipinski definition) is 4. The molecule has 152 valence electrons. The van der Waals surface area contributed by atoms with Crippen LogP contribution in [0.25, 0.3) is 0 Å². The highest BCUT2D eigenvalue weighted by molar-refractivity contribution is 6.30. The van der Waals surface area contributed by atoms with Crippen molar-refractivity contribution in [2.24, 2.45) is 5.92 Å². The Kier molecular flexibility index (Phi) is 8.61. The maximum Gasteiger partial charge on any atom is 0.320 e. The normalized spacial score (nSPS) is 12.0. The van der Waals surface area contributed by atoms with Crippen LogP contribution in [0.2, 0.25) is 5.02 Å². The van der Waals surface area contributed by atoms with Gasteiger partial charge >= 0.3 is 5.97 Å². The molecule has 0 saturated carbocycles. The van der Waals surface area contributed by atoms with E-state index in [0.29, 0.717) is 48.6 Å². The van der Waals surface area contributed by atoms with Gasteiger partial charge in [-0.25, -0.2) is 0 Å². The SMILES string of the molecule is CCOc1cc(CNC(CC(C)C)C(=O)O)ccc1OCc1cccc(Cl)c1. The van der Waals surface area contributed by atoms with Crippen molar-refractivity contribution in [1.82, 2.24) is 5.32 Å². The fraction of sp³-hybridized carbons (Fsp3) is 0.409. The Bertz CT molecular complexity index is 779. The first kappa shape index (κ1) is 22.1. The third kappa shape index (κ3) is 7.06. The molecule has 0 spiro atoms. The van der Waals surface area contributed by atoms with Crippen LogP contribution >= 0.6 is 11.6 Å². The van der Waals surface area contributed by atoms with Gasteiger partial charge in [-0.3, -0.25) is 4.79 Å². The van der Waals surface area contributed by atoms with Crippen LogP contribution in [0.4, 0.5) is 0 Å². The Morgan fingerprint density at radius 2 is 1.89 bits per heavy atom. The van der Waals surface area contributed by atoms with Gasteiger partial charge < -0.3 is 19.9 Å². The lowest BCUT2D eigenvalue weighted by atomic mass is 10.0. The van der Waals surface area contributed by atoms with Crippen LogP contribution < -0.4 is 14.8 Å². The number of aliphatic carboxylic acids is 1. The van der Waals surface area contributed by atoms with Crippen LogP contribution in [-0.4, -0.2) is 23.7 Å². The van der Waals surface area contributed by atoms with E-state index < -0.39 is 12.0 Å². The van der Waals surface area contributed by atoms with Gasteiger partial charge in [0.25, 0.3) is 0 Å². The summed E-state index contributed by atoms with van der Waals surface area (Å²) in [4.78, 5) is 11.4. The van der Waals surface area contributed by atoms with E-state index in [4.69, 9.17) is 21.1 Å². The minimum atomic E-state index is -0.833. The number of rotatable bonds is 11. The van der Waals surface area contributed by atoms with Gasteiger partial charge in [-0.15, -0.1) is 0 Å². The fourth-order valence-electron chi connectivity index (χ4n) is 2.82. The molecule has 0 aliphatic carbocycles. The summed E-state index contributed by atoms with van der Waals surface area (Å²) in [6, 6.07) is 12.6. The van der Waals surface area contributed by atoms with Gasteiger partial charge in [0.15, 0.2) is 11.5 Å². The molecule has 2 aromatic rings. The lowest BCUT2D eigenvalue weighted by Crippen LogP contribution is -2.37. The summed E-state index contributed by atoms with van der Waals surface area (Å²) in [7, 11) is 0. The first-order valence-corrected chi connectivity index (χ1v) is 9.86. The van der Waals surface area contributed by atoms with Crippen molar-refractivity contribution in [3.8, 4) is 11.5 Å². The van der Waals surface area contributed by atoms with Crippen molar-refractivity contribution in [3.05, 3.63) is 58.6 Å². The Balaban J connectivity index is 2.05. The first-order valence-electron chi connectivity index (χ1n) is 9.48. The highest BCUT2D eigenvalue weighted by Gasteiger charge is 2.18. The molecule has 2 N–H and O–H groups in total. The number of carboxylic acids is 1. The molecule has 2 aromatic carbocycles. The summed E-state index contributed by atoms with van der Waals surface area (Å²) in [5.41, 5.74) is 1.91. The summed E-state index contributed by atoms with van der Waals surface area (Å²) < 4.78 is 11.6. The lowest BCUT2D eigenvalue weighted by Gasteiger charge is -2.18. The number of nitrogens with one attached hydrogen (secondary N) is 1. The van der Waals surface area contributed by atoms with Gasteiger partial charge in [-0.2, -0.15) is 0 Å². The molecule has 0 aliphatic rings. The molecular formula is C22H28ClNO4. The van der Waals surface area contributed by atoms with Crippen molar-refractivity contribution >= 4 is 17.6 Å². The van der Waals surface area contributed by atoms with Crippen LogP contribution in [0.15, 0.2) is 42.5 Å². The minimum Gasteiger partial charge on any atom is -0.490 e. The first-order chi connectivity index (χ1) is 13.4. The standard InChI is InChI=1S/C22H28ClNO4/c1-4-27-21-12-16(13-24-19(22(25)26)10-15(2)3)8-9-20(21)28-14-17-6-5-7-18(23)11-17/h5-9,11-12,15,19,24H,4,10,13-14H2,1-3H3,(H,25,26).